The number of hydrogen-bond acceptors (Lipinski definition) is 9. The molecular formula is C27H33N3O6S. The maximum Gasteiger partial charge on any atom is 0.338 e. The number of nitrogens with one attached hydrogen (secondary N) is 2. The van der Waals surface area contributed by atoms with Crippen LogP contribution in [0.3, 0.4) is 0 Å². The fourth-order valence-corrected chi connectivity index (χ4v) is 4.71. The number of hydrogen-bond donors (Lipinski definition) is 2. The van der Waals surface area contributed by atoms with E-state index in [1.807, 2.05) is 32.0 Å². The minimum Gasteiger partial charge on any atom is -0.493 e. The lowest BCUT2D eigenvalue weighted by Crippen LogP contribution is -2.31. The Balaban J connectivity index is 1.90. The van der Waals surface area contributed by atoms with Crippen LogP contribution in [0.15, 0.2) is 46.6 Å². The van der Waals surface area contributed by atoms with Crippen LogP contribution in [0.1, 0.15) is 36.6 Å². The van der Waals surface area contributed by atoms with Crippen LogP contribution in [0, 0.1) is 13.8 Å². The number of amides is 1. The number of methoxy groups -OCH3 is 3. The van der Waals surface area contributed by atoms with E-state index in [1.54, 1.807) is 26.0 Å². The highest BCUT2D eigenvalue weighted by atomic mass is 32.2. The van der Waals surface area contributed by atoms with E-state index in [0.717, 1.165) is 16.8 Å². The molecule has 1 atom stereocenters. The van der Waals surface area contributed by atoms with Crippen LogP contribution < -0.4 is 24.8 Å². The van der Waals surface area contributed by atoms with Gasteiger partial charge in [0.25, 0.3) is 0 Å². The molecule has 2 aromatic rings. The Hall–Kier alpha value is -3.66. The Morgan fingerprint density at radius 2 is 1.70 bits per heavy atom. The monoisotopic (exact) mass is 527 g/mol. The highest BCUT2D eigenvalue weighted by molar-refractivity contribution is 8.14. The summed E-state index contributed by atoms with van der Waals surface area (Å²) < 4.78 is 21.8. The van der Waals surface area contributed by atoms with Crippen LogP contribution >= 0.6 is 11.8 Å². The lowest BCUT2D eigenvalue weighted by atomic mass is 9.96. The van der Waals surface area contributed by atoms with Crippen molar-refractivity contribution in [2.75, 3.05) is 39.0 Å². The maximum absolute atomic E-state index is 12.9. The second kappa shape index (κ2) is 12.5. The molecule has 0 radical (unpaired) electrons. The molecule has 0 fully saturated rings. The average molecular weight is 528 g/mol. The molecule has 0 saturated heterocycles. The van der Waals surface area contributed by atoms with Gasteiger partial charge in [0.2, 0.25) is 11.7 Å². The van der Waals surface area contributed by atoms with Gasteiger partial charge in [0.15, 0.2) is 16.7 Å². The molecule has 0 aliphatic carbocycles. The topological polar surface area (TPSA) is 107 Å². The molecule has 37 heavy (non-hydrogen) atoms. The van der Waals surface area contributed by atoms with E-state index in [0.29, 0.717) is 39.2 Å². The van der Waals surface area contributed by atoms with Gasteiger partial charge in [0.05, 0.1) is 39.3 Å². The molecule has 2 aromatic carbocycles. The van der Waals surface area contributed by atoms with E-state index >= 15 is 0 Å². The van der Waals surface area contributed by atoms with Crippen LogP contribution in [0.4, 0.5) is 5.69 Å². The van der Waals surface area contributed by atoms with Gasteiger partial charge >= 0.3 is 5.97 Å². The third kappa shape index (κ3) is 6.56. The number of nitrogens with zero attached hydrogens (tertiary/aromatic N) is 1. The van der Waals surface area contributed by atoms with E-state index in [9.17, 15) is 9.59 Å². The second-order valence-corrected chi connectivity index (χ2v) is 9.30. The van der Waals surface area contributed by atoms with Gasteiger partial charge in [-0.15, -0.1) is 0 Å². The van der Waals surface area contributed by atoms with Crippen LogP contribution in [-0.4, -0.2) is 50.7 Å². The fourth-order valence-electron chi connectivity index (χ4n) is 3.97. The number of allylic oxidation sites excluding steroid dienone is 1. The standard InChI is InChI=1S/C27H33N3O6S/c1-8-36-26(32)23-17(4)28-27(37-14-22(31)29-19-10-9-15(2)11-16(19)3)30-24(23)18-12-20(33-5)25(35-7)21(13-18)34-6/h9-13,24H,8,14H2,1-7H3,(H,28,30)(H,29,31)/t24-/m1/s1. The lowest BCUT2D eigenvalue weighted by molar-refractivity contribution is -0.139. The SMILES string of the molecule is CCOC(=O)C1=C(C)NC(SCC(=O)Nc2ccc(C)cc2C)=N[C@@H]1c1cc(OC)c(OC)c(OC)c1. The van der Waals surface area contributed by atoms with E-state index in [2.05, 4.69) is 10.6 Å². The number of anilines is 1. The second-order valence-electron chi connectivity index (χ2n) is 8.33. The highest BCUT2D eigenvalue weighted by Crippen LogP contribution is 2.43. The first-order valence-corrected chi connectivity index (χ1v) is 12.7. The molecule has 2 N–H and O–H groups in total. The largest absolute Gasteiger partial charge is 0.493 e. The first-order valence-electron chi connectivity index (χ1n) is 11.7. The Kier molecular flexibility index (Phi) is 9.46. The van der Waals surface area contributed by atoms with Crippen molar-refractivity contribution in [1.29, 1.82) is 0 Å². The van der Waals surface area contributed by atoms with Crippen molar-refractivity contribution in [2.45, 2.75) is 33.7 Å². The van der Waals surface area contributed by atoms with Crippen molar-refractivity contribution in [2.24, 2.45) is 4.99 Å². The van der Waals surface area contributed by atoms with Gasteiger partial charge in [-0.05, 0) is 57.0 Å². The highest BCUT2D eigenvalue weighted by Gasteiger charge is 2.32. The minimum atomic E-state index is -0.709. The molecule has 1 amide bonds. The number of rotatable bonds is 9. The van der Waals surface area contributed by atoms with Crippen molar-refractivity contribution in [3.63, 3.8) is 0 Å². The van der Waals surface area contributed by atoms with Gasteiger partial charge in [-0.1, -0.05) is 29.5 Å². The zero-order chi connectivity index (χ0) is 27.1. The third-order valence-corrected chi connectivity index (χ3v) is 6.60. The molecule has 3 rings (SSSR count). The Morgan fingerprint density at radius 3 is 2.27 bits per heavy atom. The van der Waals surface area contributed by atoms with Gasteiger partial charge < -0.3 is 29.6 Å². The zero-order valence-electron chi connectivity index (χ0n) is 22.2. The van der Waals surface area contributed by atoms with E-state index < -0.39 is 12.0 Å². The number of ether oxygens (including phenoxy) is 4. The Bertz CT molecular complexity index is 1220. The van der Waals surface area contributed by atoms with Crippen molar-refractivity contribution in [1.82, 2.24) is 5.32 Å². The van der Waals surface area contributed by atoms with Gasteiger partial charge in [-0.25, -0.2) is 9.79 Å². The lowest BCUT2D eigenvalue weighted by Gasteiger charge is -2.26. The first-order chi connectivity index (χ1) is 17.7. The van der Waals surface area contributed by atoms with Gasteiger partial charge in [-0.2, -0.15) is 0 Å². The van der Waals surface area contributed by atoms with Crippen LogP contribution in [0.2, 0.25) is 0 Å². The summed E-state index contributed by atoms with van der Waals surface area (Å²) in [7, 11) is 4.57. The summed E-state index contributed by atoms with van der Waals surface area (Å²) in [4.78, 5) is 30.4. The fraction of sp³-hybridized carbons (Fsp3) is 0.370. The predicted molar refractivity (Wildman–Crippen MR) is 146 cm³/mol. The summed E-state index contributed by atoms with van der Waals surface area (Å²) in [5.41, 5.74) is 4.49. The summed E-state index contributed by atoms with van der Waals surface area (Å²) >= 11 is 1.24. The number of carbonyl (C=O) groups excluding carboxylic acids is 2. The molecule has 10 heteroatoms. The number of aliphatic imine (C=N–C) groups is 1. The molecule has 0 unspecified atom stereocenters. The maximum atomic E-state index is 12.9. The number of benzene rings is 2. The summed E-state index contributed by atoms with van der Waals surface area (Å²) in [6.45, 7) is 7.71. The van der Waals surface area contributed by atoms with Crippen LogP contribution in [-0.2, 0) is 14.3 Å². The number of esters is 1. The van der Waals surface area contributed by atoms with Crippen molar-refractivity contribution < 1.29 is 28.5 Å². The van der Waals surface area contributed by atoms with Gasteiger partial charge in [0.1, 0.15) is 6.04 Å². The average Bonchev–Trinajstić information content (AvgIpc) is 2.87. The molecule has 1 heterocycles. The molecule has 1 aliphatic rings. The van der Waals surface area contributed by atoms with Crippen LogP contribution in [0.25, 0.3) is 0 Å². The smallest absolute Gasteiger partial charge is 0.338 e. The van der Waals surface area contributed by atoms with Crippen molar-refractivity contribution in [3.8, 4) is 17.2 Å². The molecular weight excluding hydrogens is 494 g/mol. The summed E-state index contributed by atoms with van der Waals surface area (Å²) in [5, 5.41) is 6.59. The van der Waals surface area contributed by atoms with E-state index in [-0.39, 0.29) is 18.3 Å². The zero-order valence-corrected chi connectivity index (χ0v) is 23.0. The van der Waals surface area contributed by atoms with Crippen molar-refractivity contribution in [3.05, 3.63) is 58.3 Å². The number of amidine groups is 1. The van der Waals surface area contributed by atoms with Gasteiger partial charge in [-0.3, -0.25) is 4.79 Å². The summed E-state index contributed by atoms with van der Waals surface area (Å²) in [5.74, 6) is 0.795. The Labute approximate surface area is 221 Å². The molecule has 0 saturated carbocycles. The number of thioether (sulfide) groups is 1. The van der Waals surface area contributed by atoms with Crippen molar-refractivity contribution >= 4 is 34.5 Å². The molecule has 9 nitrogen and oxygen atoms in total. The molecule has 0 aromatic heterocycles. The normalized spacial score (nSPS) is 14.9. The molecule has 1 aliphatic heterocycles. The quantitative estimate of drug-likeness (QED) is 0.458. The number of aryl methyl sites for hydroxylation is 2. The molecule has 0 spiro atoms. The summed E-state index contributed by atoms with van der Waals surface area (Å²) in [6.07, 6.45) is 0. The first kappa shape index (κ1) is 27.9. The summed E-state index contributed by atoms with van der Waals surface area (Å²) in [6, 6.07) is 8.66. The van der Waals surface area contributed by atoms with Gasteiger partial charge in [0, 0.05) is 11.4 Å². The molecule has 198 valence electrons. The predicted octanol–water partition coefficient (Wildman–Crippen LogP) is 4.54. The Morgan fingerprint density at radius 1 is 1.03 bits per heavy atom. The third-order valence-electron chi connectivity index (χ3n) is 5.71. The number of carbonyl (C=O) groups is 2. The van der Waals surface area contributed by atoms with E-state index in [4.69, 9.17) is 23.9 Å². The minimum absolute atomic E-state index is 0.128. The van der Waals surface area contributed by atoms with E-state index in [1.165, 1.54) is 33.1 Å². The molecule has 0 bridgehead atoms. The van der Waals surface area contributed by atoms with Crippen LogP contribution in [0.5, 0.6) is 17.2 Å².